The highest BCUT2D eigenvalue weighted by Gasteiger charge is 2.61. The molecular formula is C11H18NO13PS. The molecule has 0 bridgehead atoms. The lowest BCUT2D eigenvalue weighted by molar-refractivity contribution is -0.189. The molecule has 0 aliphatic carbocycles. The lowest BCUT2D eigenvalue weighted by Crippen LogP contribution is -2.70. The molecule has 1 aliphatic heterocycles. The topological polar surface area (TPSA) is 254 Å². The number of phosphoric acid groups is 1. The van der Waals surface area contributed by atoms with E-state index in [-0.39, 0.29) is 11.8 Å². The van der Waals surface area contributed by atoms with Crippen molar-refractivity contribution in [2.45, 2.75) is 41.8 Å². The Balaban J connectivity index is 3.61. The summed E-state index contributed by atoms with van der Waals surface area (Å²) in [5.74, 6) is -6.59. The molecule has 14 nitrogen and oxygen atoms in total. The first-order chi connectivity index (χ1) is 12.1. The number of ether oxygens (including phenoxy) is 1. The molecule has 0 amide bonds. The van der Waals surface area contributed by atoms with Gasteiger partial charge in [0.05, 0.1) is 6.04 Å². The molecule has 6 unspecified atom stereocenters. The van der Waals surface area contributed by atoms with Crippen LogP contribution in [-0.4, -0.2) is 93.9 Å². The summed E-state index contributed by atoms with van der Waals surface area (Å²) in [7, 11) is -5.47. The number of aliphatic hydroxyl groups excluding tert-OH is 1. The smallest absolute Gasteiger partial charge is 0.470 e. The fraction of sp³-hybridized carbons (Fsp3) is 0.727. The van der Waals surface area contributed by atoms with E-state index in [0.29, 0.717) is 0 Å². The molecule has 0 aromatic heterocycles. The van der Waals surface area contributed by atoms with Gasteiger partial charge in [-0.05, 0) is 0 Å². The SMILES string of the molecule is CC(=O)OC1C(N)C(OP(=O)(O)O)C(O)(C(=O)O)CSC(O)(C(=O)O)C1O. The van der Waals surface area contributed by atoms with Crippen molar-refractivity contribution in [3.05, 3.63) is 0 Å². The Hall–Kier alpha value is -1.29. The molecule has 1 fully saturated rings. The maximum absolute atomic E-state index is 11.5. The molecule has 6 atom stereocenters. The Kier molecular flexibility index (Phi) is 7.02. The molecule has 16 heteroatoms. The van der Waals surface area contributed by atoms with E-state index in [1.54, 1.807) is 0 Å². The minimum absolute atomic E-state index is 0.191. The van der Waals surface area contributed by atoms with E-state index in [1.807, 2.05) is 0 Å². The minimum Gasteiger partial charge on any atom is -0.479 e. The van der Waals surface area contributed by atoms with E-state index in [9.17, 15) is 44.5 Å². The van der Waals surface area contributed by atoms with Gasteiger partial charge in [-0.3, -0.25) is 9.32 Å². The highest BCUT2D eigenvalue weighted by molar-refractivity contribution is 8.01. The van der Waals surface area contributed by atoms with Crippen molar-refractivity contribution < 1.29 is 63.5 Å². The van der Waals surface area contributed by atoms with E-state index >= 15 is 0 Å². The number of rotatable bonds is 5. The van der Waals surface area contributed by atoms with Crippen LogP contribution in [0.25, 0.3) is 0 Å². The van der Waals surface area contributed by atoms with Crippen molar-refractivity contribution >= 4 is 37.5 Å². The number of phosphoric ester groups is 1. The first-order valence-electron chi connectivity index (χ1n) is 6.96. The number of aliphatic hydroxyl groups is 3. The second-order valence-electron chi connectivity index (χ2n) is 5.63. The summed E-state index contributed by atoms with van der Waals surface area (Å²) in [6.45, 7) is 0.799. The molecule has 9 N–H and O–H groups in total. The van der Waals surface area contributed by atoms with Gasteiger partial charge in [-0.2, -0.15) is 0 Å². The van der Waals surface area contributed by atoms with Crippen LogP contribution in [0.1, 0.15) is 6.92 Å². The van der Waals surface area contributed by atoms with E-state index < -0.39 is 66.4 Å². The second-order valence-corrected chi connectivity index (χ2v) is 8.02. The molecule has 1 rings (SSSR count). The Morgan fingerprint density at radius 1 is 1.19 bits per heavy atom. The number of carboxylic acids is 2. The average molecular weight is 435 g/mol. The van der Waals surface area contributed by atoms with Gasteiger partial charge < -0.3 is 45.8 Å². The van der Waals surface area contributed by atoms with Gasteiger partial charge in [0.25, 0.3) is 0 Å². The van der Waals surface area contributed by atoms with Crippen molar-refractivity contribution in [1.82, 2.24) is 0 Å². The van der Waals surface area contributed by atoms with Gasteiger partial charge in [-0.15, -0.1) is 11.8 Å². The molecule has 156 valence electrons. The zero-order chi connectivity index (χ0) is 21.4. The third-order valence-corrected chi connectivity index (χ3v) is 5.60. The zero-order valence-corrected chi connectivity index (χ0v) is 15.2. The molecule has 0 aromatic rings. The summed E-state index contributed by atoms with van der Waals surface area (Å²) in [6, 6.07) is -2.18. The molecule has 0 aromatic carbocycles. The van der Waals surface area contributed by atoms with Gasteiger partial charge >= 0.3 is 25.7 Å². The number of carbonyl (C=O) groups is 3. The van der Waals surface area contributed by atoms with Crippen LogP contribution in [0.2, 0.25) is 0 Å². The summed E-state index contributed by atoms with van der Waals surface area (Å²) in [5.41, 5.74) is 2.39. The standard InChI is InChI=1S/C11H18NO13PS/c1-3(13)24-5-4(12)7(25-26(21,22)23)10(19,8(15)16)2-27-11(20,6(5)14)9(17)18/h4-7,14,19-20H,2,12H2,1H3,(H,15,16)(H,17,18)(H2,21,22,23). The Morgan fingerprint density at radius 2 is 1.70 bits per heavy atom. The lowest BCUT2D eigenvalue weighted by Gasteiger charge is -2.44. The molecule has 0 radical (unpaired) electrons. The van der Waals surface area contributed by atoms with Crippen molar-refractivity contribution in [2.24, 2.45) is 5.73 Å². The van der Waals surface area contributed by atoms with Crippen LogP contribution >= 0.6 is 19.6 Å². The van der Waals surface area contributed by atoms with E-state index in [2.05, 4.69) is 9.26 Å². The van der Waals surface area contributed by atoms with Gasteiger partial charge in [0, 0.05) is 12.7 Å². The Morgan fingerprint density at radius 3 is 2.07 bits per heavy atom. The van der Waals surface area contributed by atoms with Gasteiger partial charge in [-0.1, -0.05) is 0 Å². The third kappa shape index (κ3) is 4.96. The van der Waals surface area contributed by atoms with Gasteiger partial charge in [0.2, 0.25) is 4.93 Å². The fourth-order valence-corrected chi connectivity index (χ4v) is 4.09. The lowest BCUT2D eigenvalue weighted by atomic mass is 9.87. The van der Waals surface area contributed by atoms with Crippen LogP contribution in [0, 0.1) is 0 Å². The Labute approximate surface area is 155 Å². The van der Waals surface area contributed by atoms with Gasteiger partial charge in [0.15, 0.2) is 5.60 Å². The van der Waals surface area contributed by atoms with Gasteiger partial charge in [0.1, 0.15) is 18.3 Å². The van der Waals surface area contributed by atoms with Crippen LogP contribution in [0.4, 0.5) is 0 Å². The molecule has 0 saturated carbocycles. The number of carbonyl (C=O) groups excluding carboxylic acids is 1. The van der Waals surface area contributed by atoms with Crippen molar-refractivity contribution in [3.63, 3.8) is 0 Å². The second kappa shape index (κ2) is 7.98. The zero-order valence-electron chi connectivity index (χ0n) is 13.5. The quantitative estimate of drug-likeness (QED) is 0.153. The number of esters is 1. The van der Waals surface area contributed by atoms with E-state index in [1.165, 1.54) is 0 Å². The molecule has 1 heterocycles. The normalized spacial score (nSPS) is 37.7. The number of carboxylic acid groups (broad SMARTS) is 2. The molecule has 1 saturated heterocycles. The molecule has 1 aliphatic rings. The first-order valence-corrected chi connectivity index (χ1v) is 9.48. The predicted octanol–water partition coefficient (Wildman–Crippen LogP) is -3.58. The number of hydrogen-bond acceptors (Lipinski definition) is 11. The maximum Gasteiger partial charge on any atom is 0.470 e. The number of aliphatic carboxylic acids is 2. The van der Waals surface area contributed by atoms with Crippen molar-refractivity contribution in [3.8, 4) is 0 Å². The number of thioether (sulfide) groups is 1. The van der Waals surface area contributed by atoms with Crippen LogP contribution < -0.4 is 5.73 Å². The summed E-state index contributed by atoms with van der Waals surface area (Å²) >= 11 is -0.191. The number of nitrogens with two attached hydrogens (primary N) is 1. The monoisotopic (exact) mass is 435 g/mol. The Bertz CT molecular complexity index is 669. The molecular weight excluding hydrogens is 417 g/mol. The summed E-state index contributed by atoms with van der Waals surface area (Å²) in [4.78, 5) is 49.0. The van der Waals surface area contributed by atoms with Crippen LogP contribution in [0.3, 0.4) is 0 Å². The van der Waals surface area contributed by atoms with Crippen LogP contribution in [-0.2, 0) is 28.2 Å². The molecule has 0 spiro atoms. The largest absolute Gasteiger partial charge is 0.479 e. The van der Waals surface area contributed by atoms with Crippen LogP contribution in [0.15, 0.2) is 0 Å². The van der Waals surface area contributed by atoms with Crippen LogP contribution in [0.5, 0.6) is 0 Å². The highest BCUT2D eigenvalue weighted by atomic mass is 32.2. The summed E-state index contributed by atoms with van der Waals surface area (Å²) in [6.07, 6.45) is -7.18. The summed E-state index contributed by atoms with van der Waals surface area (Å²) < 4.78 is 20.1. The fourth-order valence-electron chi connectivity index (χ4n) is 2.32. The average Bonchev–Trinajstić information content (AvgIpc) is 2.51. The van der Waals surface area contributed by atoms with E-state index in [4.69, 9.17) is 15.5 Å². The van der Waals surface area contributed by atoms with Crippen molar-refractivity contribution in [1.29, 1.82) is 0 Å². The minimum atomic E-state index is -5.47. The molecule has 27 heavy (non-hydrogen) atoms. The maximum atomic E-state index is 11.5. The third-order valence-electron chi connectivity index (χ3n) is 3.65. The van der Waals surface area contributed by atoms with E-state index in [0.717, 1.165) is 6.92 Å². The predicted molar refractivity (Wildman–Crippen MR) is 84.1 cm³/mol. The first kappa shape index (κ1) is 23.7. The van der Waals surface area contributed by atoms with Gasteiger partial charge in [-0.25, -0.2) is 14.2 Å². The van der Waals surface area contributed by atoms with Crippen molar-refractivity contribution in [2.75, 3.05) is 5.75 Å². The summed E-state index contributed by atoms with van der Waals surface area (Å²) in [5, 5.41) is 49.3. The highest BCUT2D eigenvalue weighted by Crippen LogP contribution is 2.45. The number of hydrogen-bond donors (Lipinski definition) is 8.